The largest absolute Gasteiger partial charge is 0.478 e. The van der Waals surface area contributed by atoms with Crippen LogP contribution in [0.5, 0.6) is 0 Å². The summed E-state index contributed by atoms with van der Waals surface area (Å²) in [5, 5.41) is 19.6. The van der Waals surface area contributed by atoms with Crippen molar-refractivity contribution in [1.29, 1.82) is 0 Å². The number of hydrogen-bond acceptors (Lipinski definition) is 3. The fraction of sp³-hybridized carbons (Fsp3) is 0.0333. The molecule has 9 heteroatoms. The van der Waals surface area contributed by atoms with Gasteiger partial charge in [-0.2, -0.15) is 0 Å². The van der Waals surface area contributed by atoms with Crippen molar-refractivity contribution >= 4 is 47.4 Å². The lowest BCUT2D eigenvalue weighted by Gasteiger charge is -2.06. The minimum atomic E-state index is -1.04. The Kier molecular flexibility index (Phi) is 7.36. The third-order valence-electron chi connectivity index (χ3n) is 6.15. The second kappa shape index (κ2) is 11.0. The van der Waals surface area contributed by atoms with Gasteiger partial charge in [0.15, 0.2) is 0 Å². The molecule has 2 aromatic heterocycles. The van der Waals surface area contributed by atoms with Gasteiger partial charge in [0.1, 0.15) is 5.82 Å². The van der Waals surface area contributed by atoms with Crippen LogP contribution in [0.1, 0.15) is 27.3 Å². The van der Waals surface area contributed by atoms with Crippen molar-refractivity contribution in [3.63, 3.8) is 0 Å². The first-order valence-corrected chi connectivity index (χ1v) is 12.6. The summed E-state index contributed by atoms with van der Waals surface area (Å²) in [5.74, 6) is -0.309. The van der Waals surface area contributed by atoms with Crippen molar-refractivity contribution in [2.75, 3.05) is 0 Å². The summed E-state index contributed by atoms with van der Waals surface area (Å²) in [7, 11) is 0. The number of aromatic nitrogens is 3. The number of carbonyl (C=O) groups is 2. The first-order valence-electron chi connectivity index (χ1n) is 11.8. The number of rotatable bonds is 7. The van der Waals surface area contributed by atoms with Gasteiger partial charge >= 0.3 is 12.1 Å². The van der Waals surface area contributed by atoms with E-state index in [0.717, 1.165) is 22.3 Å². The molecule has 0 amide bonds. The molecule has 0 aliphatic rings. The highest BCUT2D eigenvalue weighted by Crippen LogP contribution is 2.30. The van der Waals surface area contributed by atoms with E-state index in [9.17, 15) is 19.8 Å². The summed E-state index contributed by atoms with van der Waals surface area (Å²) in [6.07, 6.45) is 6.15. The number of carboxylic acid groups (broad SMARTS) is 2. The molecule has 0 unspecified atom stereocenters. The highest BCUT2D eigenvalue weighted by atomic mass is 35.5. The lowest BCUT2D eigenvalue weighted by molar-refractivity contribution is 0.0696. The van der Waals surface area contributed by atoms with Crippen LogP contribution in [0.2, 0.25) is 10.0 Å². The minimum Gasteiger partial charge on any atom is -0.478 e. The van der Waals surface area contributed by atoms with Gasteiger partial charge in [0, 0.05) is 29.5 Å². The Morgan fingerprint density at radius 1 is 0.897 bits per heavy atom. The Hall–Kier alpha value is -4.59. The average molecular weight is 558 g/mol. The lowest BCUT2D eigenvalue weighted by Crippen LogP contribution is -2.07. The zero-order valence-corrected chi connectivity index (χ0v) is 21.8. The van der Waals surface area contributed by atoms with Crippen molar-refractivity contribution < 1.29 is 19.8 Å². The minimum absolute atomic E-state index is 0.220. The number of carboxylic acids is 1. The Morgan fingerprint density at radius 3 is 2.31 bits per heavy atom. The maximum absolute atomic E-state index is 11.4. The van der Waals surface area contributed by atoms with E-state index in [4.69, 9.17) is 28.2 Å². The maximum Gasteiger partial charge on any atom is 0.415 e. The molecule has 0 aliphatic heterocycles. The molecular weight excluding hydrogens is 537 g/mol. The predicted octanol–water partition coefficient (Wildman–Crippen LogP) is 7.77. The molecule has 39 heavy (non-hydrogen) atoms. The SMILES string of the molecule is O=C(O)c1ccc(Cn2cc(-c3ccc(Cl)cc3Cl)nc2/C=C/c2ccc(-c3cccn3C(=O)O)cc2)cc1. The van der Waals surface area contributed by atoms with Crippen molar-refractivity contribution in [2.24, 2.45) is 0 Å². The molecule has 0 saturated heterocycles. The van der Waals surface area contributed by atoms with Crippen LogP contribution >= 0.6 is 23.2 Å². The Morgan fingerprint density at radius 2 is 1.64 bits per heavy atom. The summed E-state index contributed by atoms with van der Waals surface area (Å²) in [6.45, 7) is 0.461. The highest BCUT2D eigenvalue weighted by Gasteiger charge is 2.13. The van der Waals surface area contributed by atoms with Crippen molar-refractivity contribution in [3.8, 4) is 22.5 Å². The molecule has 3 aromatic carbocycles. The molecule has 2 N–H and O–H groups in total. The topological polar surface area (TPSA) is 97.4 Å². The molecule has 0 bridgehead atoms. The zero-order chi connectivity index (χ0) is 27.5. The third kappa shape index (κ3) is 5.80. The molecule has 0 fully saturated rings. The first kappa shape index (κ1) is 26.0. The summed E-state index contributed by atoms with van der Waals surface area (Å²) in [5.41, 5.74) is 4.81. The number of nitrogens with zero attached hydrogens (tertiary/aromatic N) is 3. The molecule has 5 aromatic rings. The monoisotopic (exact) mass is 557 g/mol. The van der Waals surface area contributed by atoms with Crippen molar-refractivity contribution in [1.82, 2.24) is 14.1 Å². The Bertz CT molecular complexity index is 1700. The fourth-order valence-corrected chi connectivity index (χ4v) is 4.69. The van der Waals surface area contributed by atoms with E-state index in [1.807, 2.05) is 53.2 Å². The number of hydrogen-bond donors (Lipinski definition) is 2. The zero-order valence-electron chi connectivity index (χ0n) is 20.3. The molecular formula is C30H21Cl2N3O4. The lowest BCUT2D eigenvalue weighted by atomic mass is 10.1. The van der Waals surface area contributed by atoms with E-state index in [2.05, 4.69) is 0 Å². The number of aromatic carboxylic acids is 1. The molecule has 0 aliphatic carbocycles. The van der Waals surface area contributed by atoms with Gasteiger partial charge in [0.2, 0.25) is 0 Å². The Balaban J connectivity index is 1.46. The van der Waals surface area contributed by atoms with Crippen LogP contribution in [-0.2, 0) is 6.54 Å². The number of benzene rings is 3. The average Bonchev–Trinajstić information content (AvgIpc) is 3.56. The van der Waals surface area contributed by atoms with E-state index >= 15 is 0 Å². The highest BCUT2D eigenvalue weighted by molar-refractivity contribution is 6.36. The van der Waals surface area contributed by atoms with Crippen LogP contribution in [0.3, 0.4) is 0 Å². The van der Waals surface area contributed by atoms with Gasteiger partial charge in [-0.25, -0.2) is 14.6 Å². The second-order valence-corrected chi connectivity index (χ2v) is 9.58. The van der Waals surface area contributed by atoms with E-state index < -0.39 is 12.1 Å². The molecule has 0 radical (unpaired) electrons. The predicted molar refractivity (Wildman–Crippen MR) is 152 cm³/mol. The van der Waals surface area contributed by atoms with Gasteiger partial charge in [0.05, 0.1) is 22.0 Å². The smallest absolute Gasteiger partial charge is 0.415 e. The molecule has 0 atom stereocenters. The Labute approximate surface area is 233 Å². The second-order valence-electron chi connectivity index (χ2n) is 8.74. The molecule has 5 rings (SSSR count). The molecule has 0 spiro atoms. The summed E-state index contributed by atoms with van der Waals surface area (Å²) in [4.78, 5) is 27.5. The van der Waals surface area contributed by atoms with Gasteiger partial charge in [0.25, 0.3) is 0 Å². The van der Waals surface area contributed by atoms with Gasteiger partial charge in [-0.05, 0) is 65.2 Å². The van der Waals surface area contributed by atoms with E-state index in [-0.39, 0.29) is 5.56 Å². The van der Waals surface area contributed by atoms with E-state index in [1.54, 1.807) is 48.5 Å². The van der Waals surface area contributed by atoms with Crippen molar-refractivity contribution in [2.45, 2.75) is 6.54 Å². The van der Waals surface area contributed by atoms with Crippen molar-refractivity contribution in [3.05, 3.63) is 124 Å². The quantitative estimate of drug-likeness (QED) is 0.213. The third-order valence-corrected chi connectivity index (χ3v) is 6.70. The summed E-state index contributed by atoms with van der Waals surface area (Å²) in [6, 6.07) is 22.9. The molecule has 7 nitrogen and oxygen atoms in total. The summed E-state index contributed by atoms with van der Waals surface area (Å²) >= 11 is 12.5. The van der Waals surface area contributed by atoms with Crippen LogP contribution in [0, 0.1) is 0 Å². The molecule has 194 valence electrons. The standard InChI is InChI=1S/C30H21Cl2N3O4/c31-23-12-13-24(25(32)16-23)26-18-34(17-20-5-10-22(11-6-20)29(36)37)28(33-26)14-7-19-3-8-21(9-4-19)27-2-1-15-35(27)30(38)39/h1-16,18H,17H2,(H,36,37)(H,38,39)/b14-7+. The number of halogens is 2. The normalized spacial score (nSPS) is 11.2. The van der Waals surface area contributed by atoms with Gasteiger partial charge in [-0.15, -0.1) is 0 Å². The number of imidazole rings is 1. The van der Waals surface area contributed by atoms with Crippen LogP contribution in [-0.4, -0.2) is 36.4 Å². The van der Waals surface area contributed by atoms with Gasteiger partial charge < -0.3 is 14.8 Å². The fourth-order valence-electron chi connectivity index (χ4n) is 4.19. The van der Waals surface area contributed by atoms with Crippen LogP contribution in [0.4, 0.5) is 4.79 Å². The maximum atomic E-state index is 11.4. The van der Waals surface area contributed by atoms with Gasteiger partial charge in [-0.3, -0.25) is 4.57 Å². The van der Waals surface area contributed by atoms with E-state index in [1.165, 1.54) is 10.8 Å². The summed E-state index contributed by atoms with van der Waals surface area (Å²) < 4.78 is 3.13. The van der Waals surface area contributed by atoms with E-state index in [0.29, 0.717) is 33.8 Å². The van der Waals surface area contributed by atoms with Crippen LogP contribution < -0.4 is 0 Å². The first-order chi connectivity index (χ1) is 18.8. The molecule has 2 heterocycles. The van der Waals surface area contributed by atoms with Crippen LogP contribution in [0.15, 0.2) is 91.3 Å². The molecule has 0 saturated carbocycles. The van der Waals surface area contributed by atoms with Crippen LogP contribution in [0.25, 0.3) is 34.7 Å². The van der Waals surface area contributed by atoms with Gasteiger partial charge in [-0.1, -0.05) is 65.7 Å².